The van der Waals surface area contributed by atoms with Gasteiger partial charge in [-0.3, -0.25) is 4.79 Å². The highest BCUT2D eigenvalue weighted by Gasteiger charge is 2.42. The Balaban J connectivity index is 2.18. The van der Waals surface area contributed by atoms with E-state index in [4.69, 9.17) is 4.74 Å². The molecular weight excluding hydrogens is 372 g/mol. The molecule has 2 aromatic carbocycles. The fraction of sp³-hybridized carbons (Fsp3) is 0.211. The minimum Gasteiger partial charge on any atom is -0.478 e. The van der Waals surface area contributed by atoms with Crippen LogP contribution in [0.5, 0.6) is 0 Å². The average molecular weight is 389 g/mol. The summed E-state index contributed by atoms with van der Waals surface area (Å²) in [5, 5.41) is 0. The second-order valence-electron chi connectivity index (χ2n) is 5.86. The topological polar surface area (TPSA) is 26.3 Å². The Morgan fingerprint density at radius 2 is 1.74 bits per heavy atom. The fourth-order valence-corrected chi connectivity index (χ4v) is 3.96. The first-order valence-electron chi connectivity index (χ1n) is 7.31. The Hall–Kier alpha value is -1.52. The molecule has 0 bridgehead atoms. The van der Waals surface area contributed by atoms with Crippen molar-refractivity contribution >= 4 is 44.8 Å². The van der Waals surface area contributed by atoms with Crippen molar-refractivity contribution in [2.75, 3.05) is 6.26 Å². The van der Waals surface area contributed by atoms with E-state index in [2.05, 4.69) is 15.9 Å². The lowest BCUT2D eigenvalue weighted by atomic mass is 9.93. The minimum absolute atomic E-state index is 0.0174. The highest BCUT2D eigenvalue weighted by molar-refractivity contribution is 9.10. The molecule has 3 rings (SSSR count). The van der Waals surface area contributed by atoms with Crippen LogP contribution in [0, 0.1) is 0 Å². The Bertz CT molecular complexity index is 794. The second kappa shape index (κ2) is 6.17. The molecule has 2 aromatic rings. The van der Waals surface area contributed by atoms with Crippen LogP contribution >= 0.6 is 27.7 Å². The summed E-state index contributed by atoms with van der Waals surface area (Å²) < 4.78 is 7.05. The number of hydrogen-bond donors (Lipinski definition) is 0. The molecular formula is C19H17BrO2S. The van der Waals surface area contributed by atoms with Gasteiger partial charge in [0.1, 0.15) is 5.76 Å². The van der Waals surface area contributed by atoms with E-state index in [0.717, 1.165) is 20.5 Å². The quantitative estimate of drug-likeness (QED) is 0.656. The summed E-state index contributed by atoms with van der Waals surface area (Å²) in [4.78, 5) is 14.0. The van der Waals surface area contributed by atoms with Crippen LogP contribution in [0.15, 0.2) is 57.9 Å². The van der Waals surface area contributed by atoms with E-state index in [1.807, 2.05) is 68.6 Å². The second-order valence-corrected chi connectivity index (χ2v) is 7.56. The van der Waals surface area contributed by atoms with Gasteiger partial charge in [0.05, 0.1) is 5.57 Å². The first-order valence-corrected chi connectivity index (χ1v) is 9.33. The molecule has 1 heterocycles. The van der Waals surface area contributed by atoms with Crippen LogP contribution in [-0.4, -0.2) is 17.6 Å². The number of thioether (sulfide) groups is 1. The summed E-state index contributed by atoms with van der Waals surface area (Å²) in [6, 6.07) is 15.8. The van der Waals surface area contributed by atoms with Gasteiger partial charge in [-0.1, -0.05) is 36.4 Å². The maximum absolute atomic E-state index is 12.8. The number of hydrogen-bond acceptors (Lipinski definition) is 3. The van der Waals surface area contributed by atoms with Gasteiger partial charge in [-0.15, -0.1) is 11.8 Å². The SMILES string of the molecule is CSc1ccc(C2=C(c3ccccc3)C(=O)C(C)(C)O2)cc1Br. The molecule has 0 amide bonds. The number of rotatable bonds is 3. The average Bonchev–Trinajstić information content (AvgIpc) is 2.78. The first kappa shape index (κ1) is 16.3. The van der Waals surface area contributed by atoms with Crippen molar-refractivity contribution in [2.24, 2.45) is 0 Å². The van der Waals surface area contributed by atoms with Gasteiger partial charge in [0.2, 0.25) is 5.78 Å². The largest absolute Gasteiger partial charge is 0.478 e. The molecule has 0 aliphatic carbocycles. The first-order chi connectivity index (χ1) is 10.9. The van der Waals surface area contributed by atoms with E-state index in [-0.39, 0.29) is 5.78 Å². The van der Waals surface area contributed by atoms with E-state index in [1.165, 1.54) is 0 Å². The maximum Gasteiger partial charge on any atom is 0.210 e. The number of carbonyl (C=O) groups is 1. The van der Waals surface area contributed by atoms with Gasteiger partial charge in [0.25, 0.3) is 0 Å². The molecule has 118 valence electrons. The van der Waals surface area contributed by atoms with Gasteiger partial charge in [-0.05, 0) is 53.7 Å². The monoisotopic (exact) mass is 388 g/mol. The number of ether oxygens (including phenoxy) is 1. The van der Waals surface area contributed by atoms with Crippen molar-refractivity contribution in [3.63, 3.8) is 0 Å². The van der Waals surface area contributed by atoms with Gasteiger partial charge in [0, 0.05) is 14.9 Å². The summed E-state index contributed by atoms with van der Waals surface area (Å²) in [5.74, 6) is 0.670. The number of ketones is 1. The molecule has 0 aromatic heterocycles. The van der Waals surface area contributed by atoms with Crippen LogP contribution in [0.1, 0.15) is 25.0 Å². The van der Waals surface area contributed by atoms with Crippen LogP contribution in [-0.2, 0) is 9.53 Å². The molecule has 0 saturated heterocycles. The third kappa shape index (κ3) is 2.98. The Labute approximate surface area is 149 Å². The highest BCUT2D eigenvalue weighted by Crippen LogP contribution is 2.42. The van der Waals surface area contributed by atoms with E-state index in [0.29, 0.717) is 11.3 Å². The van der Waals surface area contributed by atoms with Crippen molar-refractivity contribution in [3.05, 3.63) is 64.1 Å². The molecule has 0 spiro atoms. The summed E-state index contributed by atoms with van der Waals surface area (Å²) >= 11 is 5.26. The maximum atomic E-state index is 12.8. The third-order valence-corrected chi connectivity index (χ3v) is 5.55. The Kier molecular flexibility index (Phi) is 4.39. The normalized spacial score (nSPS) is 16.6. The highest BCUT2D eigenvalue weighted by atomic mass is 79.9. The number of carbonyl (C=O) groups excluding carboxylic acids is 1. The van der Waals surface area contributed by atoms with Gasteiger partial charge >= 0.3 is 0 Å². The molecule has 23 heavy (non-hydrogen) atoms. The molecule has 0 radical (unpaired) electrons. The molecule has 0 saturated carbocycles. The van der Waals surface area contributed by atoms with E-state index in [9.17, 15) is 4.79 Å². The van der Waals surface area contributed by atoms with Crippen molar-refractivity contribution in [1.82, 2.24) is 0 Å². The molecule has 0 fully saturated rings. The minimum atomic E-state index is -0.842. The predicted molar refractivity (Wildman–Crippen MR) is 99.4 cm³/mol. The Morgan fingerprint density at radius 3 is 2.35 bits per heavy atom. The van der Waals surface area contributed by atoms with Crippen LogP contribution in [0.25, 0.3) is 11.3 Å². The fourth-order valence-electron chi connectivity index (χ4n) is 2.63. The molecule has 4 heteroatoms. The zero-order chi connectivity index (χ0) is 16.6. The zero-order valence-corrected chi connectivity index (χ0v) is 15.6. The van der Waals surface area contributed by atoms with Crippen molar-refractivity contribution < 1.29 is 9.53 Å². The van der Waals surface area contributed by atoms with E-state index in [1.54, 1.807) is 11.8 Å². The number of Topliss-reactive ketones (excluding diaryl/α,β-unsaturated/α-hetero) is 1. The van der Waals surface area contributed by atoms with Gasteiger partial charge in [-0.2, -0.15) is 0 Å². The molecule has 1 aliphatic rings. The Morgan fingerprint density at radius 1 is 1.04 bits per heavy atom. The van der Waals surface area contributed by atoms with Crippen LogP contribution in [0.4, 0.5) is 0 Å². The van der Waals surface area contributed by atoms with Gasteiger partial charge in [-0.25, -0.2) is 0 Å². The van der Waals surface area contributed by atoms with E-state index >= 15 is 0 Å². The lowest BCUT2D eigenvalue weighted by Gasteiger charge is -2.18. The molecule has 2 nitrogen and oxygen atoms in total. The standard InChI is InChI=1S/C19H17BrO2S/c1-19(2)18(21)16(12-7-5-4-6-8-12)17(22-19)13-9-10-15(23-3)14(20)11-13/h4-11H,1-3H3. The molecule has 1 aliphatic heterocycles. The molecule has 0 N–H and O–H groups in total. The lowest BCUT2D eigenvalue weighted by molar-refractivity contribution is -0.125. The summed E-state index contributed by atoms with van der Waals surface area (Å²) in [6.07, 6.45) is 2.03. The van der Waals surface area contributed by atoms with Crippen LogP contribution in [0.3, 0.4) is 0 Å². The number of benzene rings is 2. The van der Waals surface area contributed by atoms with Crippen LogP contribution < -0.4 is 0 Å². The van der Waals surface area contributed by atoms with Crippen molar-refractivity contribution in [1.29, 1.82) is 0 Å². The zero-order valence-electron chi connectivity index (χ0n) is 13.2. The molecule has 0 unspecified atom stereocenters. The van der Waals surface area contributed by atoms with E-state index < -0.39 is 5.60 Å². The van der Waals surface area contributed by atoms with Crippen molar-refractivity contribution in [2.45, 2.75) is 24.3 Å². The summed E-state index contributed by atoms with van der Waals surface area (Å²) in [6.45, 7) is 3.63. The number of halogens is 1. The third-order valence-electron chi connectivity index (χ3n) is 3.83. The summed E-state index contributed by atoms with van der Waals surface area (Å²) in [5.41, 5.74) is 1.61. The lowest BCUT2D eigenvalue weighted by Crippen LogP contribution is -2.29. The van der Waals surface area contributed by atoms with Gasteiger partial charge in [0.15, 0.2) is 5.60 Å². The van der Waals surface area contributed by atoms with Crippen molar-refractivity contribution in [3.8, 4) is 0 Å². The molecule has 0 atom stereocenters. The predicted octanol–water partition coefficient (Wildman–Crippen LogP) is 5.42. The smallest absolute Gasteiger partial charge is 0.210 e. The summed E-state index contributed by atoms with van der Waals surface area (Å²) in [7, 11) is 0. The van der Waals surface area contributed by atoms with Gasteiger partial charge < -0.3 is 4.74 Å². The van der Waals surface area contributed by atoms with Crippen LogP contribution in [0.2, 0.25) is 0 Å².